The fourth-order valence-corrected chi connectivity index (χ4v) is 0.724. The summed E-state index contributed by atoms with van der Waals surface area (Å²) in [5, 5.41) is 0. The minimum absolute atomic E-state index is 0.0196. The van der Waals surface area contributed by atoms with Crippen molar-refractivity contribution in [2.75, 3.05) is 6.61 Å². The molecule has 2 atom stereocenters. The number of ether oxygens (including phenoxy) is 1. The number of rotatable bonds is 3. The maximum Gasteiger partial charge on any atom is 0.416 e. The smallest absolute Gasteiger partial charge is 0.367 e. The third-order valence-electron chi connectivity index (χ3n) is 1.15. The molecule has 0 amide bonds. The number of hydrogen-bond acceptors (Lipinski definition) is 2. The summed E-state index contributed by atoms with van der Waals surface area (Å²) in [5.74, 6) is 0. The standard InChI is InChI=1S/C6H12F3NO/c1-3-11-5(4(2)10)6(7,8)9/h4-5H,3,10H2,1-2H3/t4-,5-/m1/s1. The van der Waals surface area contributed by atoms with E-state index in [1.54, 1.807) is 0 Å². The SMILES string of the molecule is CCO[C@H]([C@@H](C)N)C(F)(F)F. The lowest BCUT2D eigenvalue weighted by Gasteiger charge is -2.22. The first-order valence-electron chi connectivity index (χ1n) is 3.33. The van der Waals surface area contributed by atoms with E-state index in [0.717, 1.165) is 0 Å². The fourth-order valence-electron chi connectivity index (χ4n) is 0.724. The Labute approximate surface area is 63.5 Å². The van der Waals surface area contributed by atoms with E-state index in [4.69, 9.17) is 5.73 Å². The van der Waals surface area contributed by atoms with Crippen LogP contribution in [0.15, 0.2) is 0 Å². The summed E-state index contributed by atoms with van der Waals surface area (Å²) >= 11 is 0. The maximum absolute atomic E-state index is 12.0. The molecule has 0 bridgehead atoms. The molecular weight excluding hydrogens is 159 g/mol. The number of nitrogens with two attached hydrogens (primary N) is 1. The molecule has 0 spiro atoms. The number of alkyl halides is 3. The molecule has 0 aliphatic rings. The van der Waals surface area contributed by atoms with Gasteiger partial charge in [0, 0.05) is 12.6 Å². The molecule has 0 heterocycles. The highest BCUT2D eigenvalue weighted by Crippen LogP contribution is 2.24. The van der Waals surface area contributed by atoms with Crippen molar-refractivity contribution >= 4 is 0 Å². The minimum atomic E-state index is -4.36. The average molecular weight is 171 g/mol. The number of halogens is 3. The van der Waals surface area contributed by atoms with E-state index < -0.39 is 18.3 Å². The van der Waals surface area contributed by atoms with Gasteiger partial charge in [-0.2, -0.15) is 13.2 Å². The van der Waals surface area contributed by atoms with Crippen molar-refractivity contribution in [2.45, 2.75) is 32.2 Å². The van der Waals surface area contributed by atoms with Crippen LogP contribution < -0.4 is 5.73 Å². The molecule has 0 fully saturated rings. The first kappa shape index (κ1) is 10.7. The van der Waals surface area contributed by atoms with Gasteiger partial charge in [-0.05, 0) is 13.8 Å². The lowest BCUT2D eigenvalue weighted by atomic mass is 10.2. The molecule has 11 heavy (non-hydrogen) atoms. The van der Waals surface area contributed by atoms with E-state index in [0.29, 0.717) is 0 Å². The third kappa shape index (κ3) is 3.57. The van der Waals surface area contributed by atoms with E-state index in [-0.39, 0.29) is 6.61 Å². The highest BCUT2D eigenvalue weighted by Gasteiger charge is 2.42. The molecule has 2 nitrogen and oxygen atoms in total. The molecule has 0 radical (unpaired) electrons. The Morgan fingerprint density at radius 1 is 1.45 bits per heavy atom. The van der Waals surface area contributed by atoms with Crippen LogP contribution in [0.3, 0.4) is 0 Å². The lowest BCUT2D eigenvalue weighted by molar-refractivity contribution is -0.223. The van der Waals surface area contributed by atoms with Gasteiger partial charge in [0.25, 0.3) is 0 Å². The molecule has 0 aromatic rings. The van der Waals surface area contributed by atoms with Crippen LogP contribution in [0.1, 0.15) is 13.8 Å². The molecule has 0 saturated carbocycles. The molecular formula is C6H12F3NO. The lowest BCUT2D eigenvalue weighted by Crippen LogP contribution is -2.45. The predicted molar refractivity (Wildman–Crippen MR) is 35.1 cm³/mol. The zero-order valence-electron chi connectivity index (χ0n) is 6.48. The zero-order valence-corrected chi connectivity index (χ0v) is 6.48. The van der Waals surface area contributed by atoms with Crippen LogP contribution in [-0.2, 0) is 4.74 Å². The summed E-state index contributed by atoms with van der Waals surface area (Å²) in [6, 6.07) is -1.02. The largest absolute Gasteiger partial charge is 0.416 e. The van der Waals surface area contributed by atoms with Crippen molar-refractivity contribution in [3.05, 3.63) is 0 Å². The highest BCUT2D eigenvalue weighted by atomic mass is 19.4. The minimum Gasteiger partial charge on any atom is -0.367 e. The first-order valence-corrected chi connectivity index (χ1v) is 3.33. The third-order valence-corrected chi connectivity index (χ3v) is 1.15. The second kappa shape index (κ2) is 3.92. The first-order chi connectivity index (χ1) is 4.89. The molecule has 0 aliphatic carbocycles. The van der Waals surface area contributed by atoms with Gasteiger partial charge in [0.05, 0.1) is 0 Å². The average Bonchev–Trinajstić information content (AvgIpc) is 1.79. The second-order valence-electron chi connectivity index (χ2n) is 2.28. The van der Waals surface area contributed by atoms with E-state index in [1.165, 1.54) is 13.8 Å². The van der Waals surface area contributed by atoms with E-state index in [9.17, 15) is 13.2 Å². The summed E-state index contributed by atoms with van der Waals surface area (Å²) in [6.07, 6.45) is -6.20. The Morgan fingerprint density at radius 3 is 2.00 bits per heavy atom. The molecule has 0 unspecified atom stereocenters. The summed E-state index contributed by atoms with van der Waals surface area (Å²) in [7, 11) is 0. The molecule has 5 heteroatoms. The molecule has 0 aromatic heterocycles. The Bertz CT molecular complexity index is 113. The molecule has 0 saturated heterocycles. The summed E-state index contributed by atoms with van der Waals surface area (Å²) in [5.41, 5.74) is 5.06. The van der Waals surface area contributed by atoms with Crippen LogP contribution in [0.5, 0.6) is 0 Å². The van der Waals surface area contributed by atoms with Crippen molar-refractivity contribution in [3.63, 3.8) is 0 Å². The van der Waals surface area contributed by atoms with Crippen LogP contribution in [0.25, 0.3) is 0 Å². The van der Waals surface area contributed by atoms with Gasteiger partial charge < -0.3 is 10.5 Å². The predicted octanol–water partition coefficient (Wildman–Crippen LogP) is 1.30. The van der Waals surface area contributed by atoms with Crippen molar-refractivity contribution < 1.29 is 17.9 Å². The van der Waals surface area contributed by atoms with Crippen LogP contribution in [0, 0.1) is 0 Å². The van der Waals surface area contributed by atoms with Crippen molar-refractivity contribution in [2.24, 2.45) is 5.73 Å². The van der Waals surface area contributed by atoms with Gasteiger partial charge in [-0.1, -0.05) is 0 Å². The van der Waals surface area contributed by atoms with Crippen LogP contribution >= 0.6 is 0 Å². The molecule has 0 rings (SSSR count). The normalized spacial score (nSPS) is 18.0. The van der Waals surface area contributed by atoms with Crippen molar-refractivity contribution in [3.8, 4) is 0 Å². The van der Waals surface area contributed by atoms with E-state index in [1.807, 2.05) is 0 Å². The van der Waals surface area contributed by atoms with Gasteiger partial charge in [-0.3, -0.25) is 0 Å². The topological polar surface area (TPSA) is 35.2 Å². The van der Waals surface area contributed by atoms with Crippen molar-refractivity contribution in [1.29, 1.82) is 0 Å². The van der Waals surface area contributed by atoms with Gasteiger partial charge >= 0.3 is 6.18 Å². The number of hydrogen-bond donors (Lipinski definition) is 1. The van der Waals surface area contributed by atoms with Crippen molar-refractivity contribution in [1.82, 2.24) is 0 Å². The maximum atomic E-state index is 12.0. The van der Waals surface area contributed by atoms with Gasteiger partial charge in [0.2, 0.25) is 0 Å². The quantitative estimate of drug-likeness (QED) is 0.694. The molecule has 0 aliphatic heterocycles. The highest BCUT2D eigenvalue weighted by molar-refractivity contribution is 4.75. The molecule has 0 aromatic carbocycles. The Balaban J connectivity index is 4.10. The van der Waals surface area contributed by atoms with Crippen LogP contribution in [-0.4, -0.2) is 24.9 Å². The fraction of sp³-hybridized carbons (Fsp3) is 1.00. The van der Waals surface area contributed by atoms with Gasteiger partial charge in [-0.25, -0.2) is 0 Å². The summed E-state index contributed by atoms with van der Waals surface area (Å²) in [6.45, 7) is 2.79. The Hall–Kier alpha value is -0.290. The molecule has 68 valence electrons. The van der Waals surface area contributed by atoms with Gasteiger partial charge in [-0.15, -0.1) is 0 Å². The van der Waals surface area contributed by atoms with Crippen LogP contribution in [0.2, 0.25) is 0 Å². The summed E-state index contributed by atoms with van der Waals surface area (Å²) in [4.78, 5) is 0. The van der Waals surface area contributed by atoms with E-state index in [2.05, 4.69) is 4.74 Å². The Morgan fingerprint density at radius 2 is 1.91 bits per heavy atom. The van der Waals surface area contributed by atoms with E-state index >= 15 is 0 Å². The monoisotopic (exact) mass is 171 g/mol. The Kier molecular flexibility index (Phi) is 3.82. The van der Waals surface area contributed by atoms with Crippen LogP contribution in [0.4, 0.5) is 13.2 Å². The zero-order chi connectivity index (χ0) is 9.07. The second-order valence-corrected chi connectivity index (χ2v) is 2.28. The van der Waals surface area contributed by atoms with Gasteiger partial charge in [0.15, 0.2) is 6.10 Å². The molecule has 2 N–H and O–H groups in total. The summed E-state index contributed by atoms with van der Waals surface area (Å²) < 4.78 is 40.3. The van der Waals surface area contributed by atoms with Gasteiger partial charge in [0.1, 0.15) is 0 Å².